The van der Waals surface area contributed by atoms with Crippen molar-refractivity contribution in [3.63, 3.8) is 0 Å². The van der Waals surface area contributed by atoms with E-state index in [2.05, 4.69) is 29.0 Å². The second kappa shape index (κ2) is 8.17. The molecule has 0 unspecified atom stereocenters. The molecule has 7 heteroatoms. The summed E-state index contributed by atoms with van der Waals surface area (Å²) in [5.41, 5.74) is 2.31. The van der Waals surface area contributed by atoms with Crippen LogP contribution in [0.15, 0.2) is 18.2 Å². The van der Waals surface area contributed by atoms with Crippen LogP contribution in [0.3, 0.4) is 0 Å². The molecule has 0 bridgehead atoms. The number of nitrogens with zero attached hydrogens (tertiary/aromatic N) is 3. The number of halogens is 1. The number of carbonyl (C=O) groups excluding carboxylic acids is 1. The average Bonchev–Trinajstić information content (AvgIpc) is 2.94. The highest BCUT2D eigenvalue weighted by Gasteiger charge is 2.14. The first-order valence-electron chi connectivity index (χ1n) is 8.82. The molecule has 0 saturated carbocycles. The summed E-state index contributed by atoms with van der Waals surface area (Å²) in [7, 11) is 0. The van der Waals surface area contributed by atoms with Gasteiger partial charge in [-0.1, -0.05) is 0 Å². The third-order valence-electron chi connectivity index (χ3n) is 4.47. The minimum atomic E-state index is -0.0703. The number of amides is 1. The quantitative estimate of drug-likeness (QED) is 0.801. The van der Waals surface area contributed by atoms with E-state index in [9.17, 15) is 4.79 Å². The summed E-state index contributed by atoms with van der Waals surface area (Å²) in [5, 5.41) is 3.43. The average molecular weight is 365 g/mol. The van der Waals surface area contributed by atoms with Crippen LogP contribution in [0.1, 0.15) is 36.7 Å². The number of morpholine rings is 1. The number of benzene rings is 1. The zero-order chi connectivity index (χ0) is 17.8. The fourth-order valence-corrected chi connectivity index (χ4v) is 3.51. The van der Waals surface area contributed by atoms with Crippen molar-refractivity contribution in [3.8, 4) is 0 Å². The van der Waals surface area contributed by atoms with Crippen LogP contribution >= 0.6 is 11.6 Å². The smallest absolute Gasteiger partial charge is 0.251 e. The van der Waals surface area contributed by atoms with Gasteiger partial charge in [0.25, 0.3) is 5.91 Å². The lowest BCUT2D eigenvalue weighted by molar-refractivity contribution is 0.0374. The molecule has 1 N–H and O–H groups in total. The van der Waals surface area contributed by atoms with Crippen LogP contribution in [-0.2, 0) is 4.74 Å². The maximum atomic E-state index is 12.4. The lowest BCUT2D eigenvalue weighted by Gasteiger charge is -2.26. The Hall–Kier alpha value is -1.63. The standard InChI is InChI=1S/C18H25ClN4O2/c1-13(2)23-16-5-4-14(12-15(16)21-18(23)19)17(24)20-6-3-7-22-8-10-25-11-9-22/h4-5,12-13H,3,6-11H2,1-2H3,(H,20,24). The second-order valence-corrected chi connectivity index (χ2v) is 6.95. The monoisotopic (exact) mass is 364 g/mol. The molecule has 1 aromatic carbocycles. The van der Waals surface area contributed by atoms with Crippen LogP contribution in [0.5, 0.6) is 0 Å². The molecule has 25 heavy (non-hydrogen) atoms. The van der Waals surface area contributed by atoms with Gasteiger partial charge in [0.05, 0.1) is 24.2 Å². The van der Waals surface area contributed by atoms with Gasteiger partial charge in [0.2, 0.25) is 5.28 Å². The molecular formula is C18H25ClN4O2. The van der Waals surface area contributed by atoms with E-state index in [4.69, 9.17) is 16.3 Å². The molecule has 0 radical (unpaired) electrons. The summed E-state index contributed by atoms with van der Waals surface area (Å²) in [6, 6.07) is 5.77. The molecule has 0 atom stereocenters. The number of nitrogens with one attached hydrogen (secondary N) is 1. The maximum absolute atomic E-state index is 12.4. The normalized spacial score (nSPS) is 15.8. The number of rotatable bonds is 6. The number of hydrogen-bond acceptors (Lipinski definition) is 4. The molecule has 1 fully saturated rings. The first kappa shape index (κ1) is 18.2. The Bertz CT molecular complexity index is 738. The Morgan fingerprint density at radius 1 is 1.36 bits per heavy atom. The Kier molecular flexibility index (Phi) is 5.93. The number of hydrogen-bond donors (Lipinski definition) is 1. The zero-order valence-electron chi connectivity index (χ0n) is 14.8. The van der Waals surface area contributed by atoms with E-state index in [-0.39, 0.29) is 11.9 Å². The van der Waals surface area contributed by atoms with Gasteiger partial charge >= 0.3 is 0 Å². The Morgan fingerprint density at radius 2 is 2.12 bits per heavy atom. The molecule has 136 valence electrons. The first-order chi connectivity index (χ1) is 12.1. The van der Waals surface area contributed by atoms with Gasteiger partial charge in [-0.25, -0.2) is 4.98 Å². The van der Waals surface area contributed by atoms with Crippen molar-refractivity contribution < 1.29 is 9.53 Å². The van der Waals surface area contributed by atoms with Crippen LogP contribution in [0.25, 0.3) is 11.0 Å². The minimum Gasteiger partial charge on any atom is -0.379 e. The number of carbonyl (C=O) groups is 1. The lowest BCUT2D eigenvalue weighted by atomic mass is 10.2. The molecule has 6 nitrogen and oxygen atoms in total. The van der Waals surface area contributed by atoms with E-state index in [0.29, 0.717) is 17.4 Å². The number of imidazole rings is 1. The van der Waals surface area contributed by atoms with Crippen molar-refractivity contribution in [3.05, 3.63) is 29.0 Å². The molecule has 1 aliphatic rings. The van der Waals surface area contributed by atoms with Crippen molar-refractivity contribution in [2.75, 3.05) is 39.4 Å². The van der Waals surface area contributed by atoms with Crippen molar-refractivity contribution in [1.82, 2.24) is 19.8 Å². The van der Waals surface area contributed by atoms with Gasteiger partial charge in [0, 0.05) is 31.2 Å². The summed E-state index contributed by atoms with van der Waals surface area (Å²) >= 11 is 6.21. The topological polar surface area (TPSA) is 59.4 Å². The van der Waals surface area contributed by atoms with Gasteiger partial charge in [-0.15, -0.1) is 0 Å². The van der Waals surface area contributed by atoms with E-state index in [0.717, 1.165) is 50.3 Å². The van der Waals surface area contributed by atoms with Crippen molar-refractivity contribution in [2.45, 2.75) is 26.3 Å². The number of fused-ring (bicyclic) bond motifs is 1. The van der Waals surface area contributed by atoms with Crippen molar-refractivity contribution >= 4 is 28.5 Å². The summed E-state index contributed by atoms with van der Waals surface area (Å²) in [6.45, 7) is 9.32. The van der Waals surface area contributed by atoms with E-state index >= 15 is 0 Å². The van der Waals surface area contributed by atoms with Crippen LogP contribution in [-0.4, -0.2) is 59.8 Å². The molecule has 1 saturated heterocycles. The Balaban J connectivity index is 1.56. The summed E-state index contributed by atoms with van der Waals surface area (Å²) in [5.74, 6) is -0.0703. The molecule has 2 aromatic rings. The number of ether oxygens (including phenoxy) is 1. The van der Waals surface area contributed by atoms with Gasteiger partial charge in [-0.2, -0.15) is 0 Å². The fraction of sp³-hybridized carbons (Fsp3) is 0.556. The van der Waals surface area contributed by atoms with Gasteiger partial charge in [-0.05, 0) is 56.6 Å². The molecule has 0 aliphatic carbocycles. The van der Waals surface area contributed by atoms with Crippen molar-refractivity contribution in [2.24, 2.45) is 0 Å². The van der Waals surface area contributed by atoms with Crippen molar-refractivity contribution in [1.29, 1.82) is 0 Å². The highest BCUT2D eigenvalue weighted by atomic mass is 35.5. The largest absolute Gasteiger partial charge is 0.379 e. The summed E-state index contributed by atoms with van der Waals surface area (Å²) in [6.07, 6.45) is 0.932. The van der Waals surface area contributed by atoms with Gasteiger partial charge < -0.3 is 14.6 Å². The summed E-state index contributed by atoms with van der Waals surface area (Å²) in [4.78, 5) is 19.1. The van der Waals surface area contributed by atoms with Crippen LogP contribution in [0, 0.1) is 0 Å². The van der Waals surface area contributed by atoms with E-state index < -0.39 is 0 Å². The fourth-order valence-electron chi connectivity index (χ4n) is 3.13. The van der Waals surface area contributed by atoms with Crippen LogP contribution in [0.4, 0.5) is 0 Å². The third-order valence-corrected chi connectivity index (χ3v) is 4.73. The lowest BCUT2D eigenvalue weighted by Crippen LogP contribution is -2.38. The molecule has 1 aliphatic heterocycles. The molecule has 0 spiro atoms. The molecular weight excluding hydrogens is 340 g/mol. The SMILES string of the molecule is CC(C)n1c(Cl)nc2cc(C(=O)NCCCN3CCOCC3)ccc21. The van der Waals surface area contributed by atoms with E-state index in [1.165, 1.54) is 0 Å². The maximum Gasteiger partial charge on any atom is 0.251 e. The third kappa shape index (κ3) is 4.32. The van der Waals surface area contributed by atoms with Crippen LogP contribution in [0.2, 0.25) is 5.28 Å². The second-order valence-electron chi connectivity index (χ2n) is 6.61. The van der Waals surface area contributed by atoms with Gasteiger partial charge in [0.15, 0.2) is 0 Å². The molecule has 1 amide bonds. The number of aromatic nitrogens is 2. The van der Waals surface area contributed by atoms with E-state index in [1.807, 2.05) is 16.7 Å². The molecule has 2 heterocycles. The van der Waals surface area contributed by atoms with E-state index in [1.54, 1.807) is 6.07 Å². The van der Waals surface area contributed by atoms with Gasteiger partial charge in [0.1, 0.15) is 0 Å². The summed E-state index contributed by atoms with van der Waals surface area (Å²) < 4.78 is 7.29. The minimum absolute atomic E-state index is 0.0703. The molecule has 1 aromatic heterocycles. The Morgan fingerprint density at radius 3 is 2.84 bits per heavy atom. The van der Waals surface area contributed by atoms with Crippen LogP contribution < -0.4 is 5.32 Å². The molecule has 3 rings (SSSR count). The Labute approximate surface area is 153 Å². The highest BCUT2D eigenvalue weighted by molar-refractivity contribution is 6.29. The predicted molar refractivity (Wildman–Crippen MR) is 99.3 cm³/mol. The first-order valence-corrected chi connectivity index (χ1v) is 9.20. The zero-order valence-corrected chi connectivity index (χ0v) is 15.6. The predicted octanol–water partition coefficient (Wildman–Crippen LogP) is 2.72. The highest BCUT2D eigenvalue weighted by Crippen LogP contribution is 2.25. The van der Waals surface area contributed by atoms with Gasteiger partial charge in [-0.3, -0.25) is 9.69 Å².